The van der Waals surface area contributed by atoms with Crippen molar-refractivity contribution in [2.45, 2.75) is 26.1 Å². The number of rotatable bonds is 2. The third-order valence-electron chi connectivity index (χ3n) is 3.69. The Morgan fingerprint density at radius 1 is 1.25 bits per heavy atom. The molecule has 0 spiro atoms. The fourth-order valence-corrected chi connectivity index (χ4v) is 2.46. The largest absolute Gasteiger partial charge is 0.403 e. The van der Waals surface area contributed by atoms with Crippen molar-refractivity contribution in [2.75, 3.05) is 31.1 Å². The summed E-state index contributed by atoms with van der Waals surface area (Å²) in [6.45, 7) is 5.12. The number of aryl methyl sites for hydroxylation is 1. The van der Waals surface area contributed by atoms with Crippen molar-refractivity contribution >= 4 is 21.7 Å². The standard InChI is InChI=1S/C13H17BrF3N3/c1-9-7-12(18-8-11(9)14)20-5-3-19(4-6-20)10(2)13(15,16)17/h7-8,10H,3-6H2,1-2H3. The monoisotopic (exact) mass is 351 g/mol. The van der Waals surface area contributed by atoms with Crippen molar-refractivity contribution in [1.29, 1.82) is 0 Å². The van der Waals surface area contributed by atoms with Gasteiger partial charge in [-0.2, -0.15) is 13.2 Å². The number of anilines is 1. The summed E-state index contributed by atoms with van der Waals surface area (Å²) in [6.07, 6.45) is -2.43. The Morgan fingerprint density at radius 2 is 1.85 bits per heavy atom. The first-order valence-corrected chi connectivity index (χ1v) is 7.26. The highest BCUT2D eigenvalue weighted by Gasteiger charge is 2.40. The lowest BCUT2D eigenvalue weighted by molar-refractivity contribution is -0.179. The highest BCUT2D eigenvalue weighted by atomic mass is 79.9. The van der Waals surface area contributed by atoms with E-state index in [0.29, 0.717) is 26.2 Å². The molecule has 0 aliphatic carbocycles. The van der Waals surface area contributed by atoms with E-state index in [-0.39, 0.29) is 0 Å². The smallest absolute Gasteiger partial charge is 0.354 e. The van der Waals surface area contributed by atoms with Gasteiger partial charge in [-0.1, -0.05) is 0 Å². The van der Waals surface area contributed by atoms with Gasteiger partial charge in [-0.25, -0.2) is 4.98 Å². The Balaban J connectivity index is 1.99. The lowest BCUT2D eigenvalue weighted by Gasteiger charge is -2.39. The summed E-state index contributed by atoms with van der Waals surface area (Å²) in [5, 5.41) is 0. The van der Waals surface area contributed by atoms with Crippen LogP contribution in [0.15, 0.2) is 16.7 Å². The van der Waals surface area contributed by atoms with Crippen molar-refractivity contribution in [3.63, 3.8) is 0 Å². The first-order chi connectivity index (χ1) is 9.29. The molecule has 0 bridgehead atoms. The first-order valence-electron chi connectivity index (χ1n) is 6.47. The molecular weight excluding hydrogens is 335 g/mol. The molecule has 1 aromatic rings. The SMILES string of the molecule is Cc1cc(N2CCN(C(C)C(F)(F)F)CC2)ncc1Br. The lowest BCUT2D eigenvalue weighted by Crippen LogP contribution is -2.53. The molecule has 112 valence electrons. The molecule has 20 heavy (non-hydrogen) atoms. The van der Waals surface area contributed by atoms with Crippen LogP contribution < -0.4 is 4.90 Å². The lowest BCUT2D eigenvalue weighted by atomic mass is 10.2. The topological polar surface area (TPSA) is 19.4 Å². The third-order valence-corrected chi connectivity index (χ3v) is 4.52. The molecule has 1 unspecified atom stereocenters. The molecule has 2 heterocycles. The molecule has 1 atom stereocenters. The van der Waals surface area contributed by atoms with E-state index in [1.165, 1.54) is 11.8 Å². The number of nitrogens with zero attached hydrogens (tertiary/aromatic N) is 3. The minimum absolute atomic E-state index is 0.400. The van der Waals surface area contributed by atoms with Crippen LogP contribution in [0.3, 0.4) is 0 Å². The summed E-state index contributed by atoms with van der Waals surface area (Å²) in [6, 6.07) is 0.566. The Bertz CT molecular complexity index is 470. The third kappa shape index (κ3) is 3.44. The highest BCUT2D eigenvalue weighted by Crippen LogP contribution is 2.26. The molecule has 0 radical (unpaired) electrons. The van der Waals surface area contributed by atoms with Crippen molar-refractivity contribution in [1.82, 2.24) is 9.88 Å². The van der Waals surface area contributed by atoms with Crippen LogP contribution in [-0.4, -0.2) is 48.3 Å². The molecule has 1 saturated heterocycles. The molecule has 2 rings (SSSR count). The maximum absolute atomic E-state index is 12.7. The summed E-state index contributed by atoms with van der Waals surface area (Å²) in [5.74, 6) is 0.824. The van der Waals surface area contributed by atoms with Gasteiger partial charge in [0.25, 0.3) is 0 Å². The van der Waals surface area contributed by atoms with E-state index in [2.05, 4.69) is 20.9 Å². The van der Waals surface area contributed by atoms with Gasteiger partial charge < -0.3 is 4.90 Å². The minimum Gasteiger partial charge on any atom is -0.354 e. The molecule has 0 saturated carbocycles. The van der Waals surface area contributed by atoms with E-state index < -0.39 is 12.2 Å². The van der Waals surface area contributed by atoms with E-state index in [1.807, 2.05) is 17.9 Å². The zero-order valence-electron chi connectivity index (χ0n) is 11.4. The van der Waals surface area contributed by atoms with E-state index in [1.54, 1.807) is 6.20 Å². The number of halogens is 4. The average Bonchev–Trinajstić information content (AvgIpc) is 2.40. The molecule has 3 nitrogen and oxygen atoms in total. The molecule has 7 heteroatoms. The predicted octanol–water partition coefficient (Wildman–Crippen LogP) is 3.23. The number of hydrogen-bond acceptors (Lipinski definition) is 3. The molecule has 0 amide bonds. The van der Waals surface area contributed by atoms with Gasteiger partial charge in [-0.3, -0.25) is 4.90 Å². The molecule has 0 N–H and O–H groups in total. The van der Waals surface area contributed by atoms with Gasteiger partial charge in [-0.15, -0.1) is 0 Å². The van der Waals surface area contributed by atoms with Crippen LogP contribution in [0, 0.1) is 6.92 Å². The van der Waals surface area contributed by atoms with Gasteiger partial charge in [0, 0.05) is 36.8 Å². The van der Waals surface area contributed by atoms with Gasteiger partial charge in [-0.05, 0) is 41.4 Å². The number of alkyl halides is 3. The maximum Gasteiger partial charge on any atom is 0.403 e. The normalized spacial score (nSPS) is 19.2. The zero-order chi connectivity index (χ0) is 14.9. The molecule has 1 aromatic heterocycles. The molecular formula is C13H17BrF3N3. The second-order valence-corrected chi connectivity index (χ2v) is 5.89. The maximum atomic E-state index is 12.7. The van der Waals surface area contributed by atoms with Crippen LogP contribution in [0.5, 0.6) is 0 Å². The van der Waals surface area contributed by atoms with Crippen LogP contribution in [0.25, 0.3) is 0 Å². The average molecular weight is 352 g/mol. The molecule has 1 fully saturated rings. The first kappa shape index (κ1) is 15.6. The van der Waals surface area contributed by atoms with E-state index in [4.69, 9.17) is 0 Å². The van der Waals surface area contributed by atoms with Gasteiger partial charge in [0.15, 0.2) is 0 Å². The Morgan fingerprint density at radius 3 is 2.35 bits per heavy atom. The quantitative estimate of drug-likeness (QED) is 0.815. The number of pyridine rings is 1. The molecule has 0 aromatic carbocycles. The molecule has 1 aliphatic rings. The van der Waals surface area contributed by atoms with Gasteiger partial charge >= 0.3 is 6.18 Å². The van der Waals surface area contributed by atoms with Gasteiger partial charge in [0.05, 0.1) is 0 Å². The second-order valence-electron chi connectivity index (χ2n) is 5.03. The zero-order valence-corrected chi connectivity index (χ0v) is 13.0. The summed E-state index contributed by atoms with van der Waals surface area (Å²) in [4.78, 5) is 7.82. The van der Waals surface area contributed by atoms with Crippen LogP contribution in [0.1, 0.15) is 12.5 Å². The summed E-state index contributed by atoms with van der Waals surface area (Å²) in [5.41, 5.74) is 1.07. The summed E-state index contributed by atoms with van der Waals surface area (Å²) < 4.78 is 39.0. The predicted molar refractivity (Wildman–Crippen MR) is 76.0 cm³/mol. The van der Waals surface area contributed by atoms with Crippen LogP contribution in [-0.2, 0) is 0 Å². The van der Waals surface area contributed by atoms with Crippen molar-refractivity contribution in [3.8, 4) is 0 Å². The van der Waals surface area contributed by atoms with Crippen molar-refractivity contribution in [2.24, 2.45) is 0 Å². The van der Waals surface area contributed by atoms with Crippen molar-refractivity contribution < 1.29 is 13.2 Å². The van der Waals surface area contributed by atoms with E-state index >= 15 is 0 Å². The number of hydrogen-bond donors (Lipinski definition) is 0. The van der Waals surface area contributed by atoms with E-state index in [0.717, 1.165) is 15.9 Å². The fourth-order valence-electron chi connectivity index (χ4n) is 2.24. The Hall–Kier alpha value is -0.820. The van der Waals surface area contributed by atoms with Gasteiger partial charge in [0.1, 0.15) is 11.9 Å². The highest BCUT2D eigenvalue weighted by molar-refractivity contribution is 9.10. The van der Waals surface area contributed by atoms with E-state index in [9.17, 15) is 13.2 Å². The number of piperazine rings is 1. The minimum atomic E-state index is -4.16. The molecule has 1 aliphatic heterocycles. The number of aromatic nitrogens is 1. The Labute approximate surface area is 124 Å². The van der Waals surface area contributed by atoms with Crippen LogP contribution in [0.4, 0.5) is 19.0 Å². The van der Waals surface area contributed by atoms with Crippen molar-refractivity contribution in [3.05, 3.63) is 22.3 Å². The summed E-state index contributed by atoms with van der Waals surface area (Å²) >= 11 is 3.39. The van der Waals surface area contributed by atoms with Crippen LogP contribution >= 0.6 is 15.9 Å². The Kier molecular flexibility index (Phi) is 4.59. The summed E-state index contributed by atoms with van der Waals surface area (Å²) in [7, 11) is 0. The van der Waals surface area contributed by atoms with Crippen LogP contribution in [0.2, 0.25) is 0 Å². The fraction of sp³-hybridized carbons (Fsp3) is 0.615. The van der Waals surface area contributed by atoms with Gasteiger partial charge in [0.2, 0.25) is 0 Å². The second kappa shape index (κ2) is 5.89.